The maximum Gasteiger partial charge on any atom is 0.403 e. The van der Waals surface area contributed by atoms with Crippen molar-refractivity contribution in [1.29, 1.82) is 0 Å². The van der Waals surface area contributed by atoms with Crippen LogP contribution in [0.5, 0.6) is 0 Å². The molecule has 0 aromatic heterocycles. The second kappa shape index (κ2) is 8.19. The number of alkyl halides is 3. The molecule has 112 valence electrons. The molecule has 0 aliphatic heterocycles. The van der Waals surface area contributed by atoms with Crippen molar-refractivity contribution in [3.63, 3.8) is 0 Å². The number of allylic oxidation sites excluding steroid dienone is 1. The van der Waals surface area contributed by atoms with Gasteiger partial charge >= 0.3 is 12.1 Å². The fourth-order valence-corrected chi connectivity index (χ4v) is 1.74. The van der Waals surface area contributed by atoms with Crippen molar-refractivity contribution in [2.45, 2.75) is 57.8 Å². The minimum atomic E-state index is -4.43. The first-order chi connectivity index (χ1) is 8.70. The average molecular weight is 281 g/mol. The molecule has 0 aliphatic carbocycles. The molecule has 0 heterocycles. The summed E-state index contributed by atoms with van der Waals surface area (Å²) in [4.78, 5) is 10.9. The van der Waals surface area contributed by atoms with Gasteiger partial charge in [0.25, 0.3) is 0 Å². The normalized spacial score (nSPS) is 15.3. The average Bonchev–Trinajstić information content (AvgIpc) is 2.25. The highest BCUT2D eigenvalue weighted by Gasteiger charge is 2.41. The molecule has 0 rings (SSSR count). The van der Waals surface area contributed by atoms with Crippen LogP contribution in [0.1, 0.15) is 39.5 Å². The second-order valence-corrected chi connectivity index (χ2v) is 4.89. The molecule has 2 atom stereocenters. The van der Waals surface area contributed by atoms with Crippen molar-refractivity contribution in [3.05, 3.63) is 12.7 Å². The standard InChI is InChI=1S/C13H22F3NO2/c1-4-5-6-7-8-10(13(14,15)16)17-11(9(2)3)12(18)19/h4,9-11,17H,1,5-8H2,2-3H3,(H,18,19). The van der Waals surface area contributed by atoms with Crippen LogP contribution in [0.3, 0.4) is 0 Å². The minimum Gasteiger partial charge on any atom is -0.480 e. The van der Waals surface area contributed by atoms with Gasteiger partial charge in [0.1, 0.15) is 12.1 Å². The third-order valence-electron chi connectivity index (χ3n) is 2.86. The SMILES string of the molecule is C=CCCCCC(NC(C(=O)O)C(C)C)C(F)(F)F. The number of unbranched alkanes of at least 4 members (excludes halogenated alkanes) is 2. The molecule has 3 nitrogen and oxygen atoms in total. The van der Waals surface area contributed by atoms with Crippen LogP contribution >= 0.6 is 0 Å². The van der Waals surface area contributed by atoms with Gasteiger partial charge in [-0.25, -0.2) is 0 Å². The molecular weight excluding hydrogens is 259 g/mol. The Morgan fingerprint density at radius 3 is 2.32 bits per heavy atom. The van der Waals surface area contributed by atoms with Crippen LogP contribution in [0.25, 0.3) is 0 Å². The molecule has 2 N–H and O–H groups in total. The Morgan fingerprint density at radius 1 is 1.37 bits per heavy atom. The van der Waals surface area contributed by atoms with Crippen LogP contribution in [0.4, 0.5) is 13.2 Å². The lowest BCUT2D eigenvalue weighted by atomic mass is 10.0. The van der Waals surface area contributed by atoms with Crippen molar-refractivity contribution in [2.75, 3.05) is 0 Å². The Hall–Kier alpha value is -1.04. The molecule has 0 spiro atoms. The number of rotatable bonds is 9. The van der Waals surface area contributed by atoms with Gasteiger partial charge < -0.3 is 5.11 Å². The number of nitrogens with one attached hydrogen (secondary N) is 1. The van der Waals surface area contributed by atoms with Gasteiger partial charge in [0, 0.05) is 0 Å². The fourth-order valence-electron chi connectivity index (χ4n) is 1.74. The molecule has 0 aromatic carbocycles. The molecule has 0 bridgehead atoms. The highest BCUT2D eigenvalue weighted by molar-refractivity contribution is 5.73. The molecule has 0 saturated carbocycles. The van der Waals surface area contributed by atoms with Gasteiger partial charge in [0.15, 0.2) is 0 Å². The second-order valence-electron chi connectivity index (χ2n) is 4.89. The third kappa shape index (κ3) is 7.20. The molecular formula is C13H22F3NO2. The fraction of sp³-hybridized carbons (Fsp3) is 0.769. The zero-order valence-corrected chi connectivity index (χ0v) is 11.3. The van der Waals surface area contributed by atoms with E-state index in [1.54, 1.807) is 19.9 Å². The van der Waals surface area contributed by atoms with Crippen molar-refractivity contribution < 1.29 is 23.1 Å². The topological polar surface area (TPSA) is 49.3 Å². The summed E-state index contributed by atoms with van der Waals surface area (Å²) in [5.41, 5.74) is 0. The lowest BCUT2D eigenvalue weighted by Gasteiger charge is -2.27. The van der Waals surface area contributed by atoms with Crippen LogP contribution in [-0.2, 0) is 4.79 Å². The minimum absolute atomic E-state index is 0.117. The van der Waals surface area contributed by atoms with E-state index in [1.807, 2.05) is 0 Å². The van der Waals surface area contributed by atoms with Crippen LogP contribution in [0, 0.1) is 5.92 Å². The Kier molecular flexibility index (Phi) is 7.75. The summed E-state index contributed by atoms with van der Waals surface area (Å²) >= 11 is 0. The lowest BCUT2D eigenvalue weighted by Crippen LogP contribution is -2.52. The zero-order chi connectivity index (χ0) is 15.1. The highest BCUT2D eigenvalue weighted by Crippen LogP contribution is 2.25. The Morgan fingerprint density at radius 2 is 1.95 bits per heavy atom. The van der Waals surface area contributed by atoms with Gasteiger partial charge in [-0.15, -0.1) is 6.58 Å². The summed E-state index contributed by atoms with van der Waals surface area (Å²) in [6.07, 6.45) is -1.23. The van der Waals surface area contributed by atoms with E-state index >= 15 is 0 Å². The summed E-state index contributed by atoms with van der Waals surface area (Å²) in [5, 5.41) is 11.1. The Bertz CT molecular complexity index is 290. The van der Waals surface area contributed by atoms with Gasteiger partial charge in [-0.2, -0.15) is 13.2 Å². The predicted octanol–water partition coefficient (Wildman–Crippen LogP) is 3.36. The molecule has 0 radical (unpaired) electrons. The van der Waals surface area contributed by atoms with E-state index in [9.17, 15) is 18.0 Å². The van der Waals surface area contributed by atoms with Gasteiger partial charge in [-0.3, -0.25) is 10.1 Å². The predicted molar refractivity (Wildman–Crippen MR) is 67.9 cm³/mol. The Balaban J connectivity index is 4.58. The van der Waals surface area contributed by atoms with Crippen molar-refractivity contribution in [1.82, 2.24) is 5.32 Å². The molecule has 0 aromatic rings. The van der Waals surface area contributed by atoms with Crippen molar-refractivity contribution in [3.8, 4) is 0 Å². The molecule has 0 amide bonds. The van der Waals surface area contributed by atoms with E-state index in [0.29, 0.717) is 19.3 Å². The van der Waals surface area contributed by atoms with E-state index in [0.717, 1.165) is 0 Å². The van der Waals surface area contributed by atoms with Crippen LogP contribution in [0.2, 0.25) is 0 Å². The number of carboxylic acids is 1. The first-order valence-corrected chi connectivity index (χ1v) is 6.36. The summed E-state index contributed by atoms with van der Waals surface area (Å²) in [6, 6.07) is -2.97. The van der Waals surface area contributed by atoms with Crippen molar-refractivity contribution >= 4 is 5.97 Å². The van der Waals surface area contributed by atoms with Gasteiger partial charge in [-0.1, -0.05) is 26.3 Å². The number of carboxylic acid groups (broad SMARTS) is 1. The van der Waals surface area contributed by atoms with E-state index in [-0.39, 0.29) is 6.42 Å². The smallest absolute Gasteiger partial charge is 0.403 e. The maximum absolute atomic E-state index is 12.8. The maximum atomic E-state index is 12.8. The van der Waals surface area contributed by atoms with Gasteiger partial charge in [0.2, 0.25) is 0 Å². The molecule has 6 heteroatoms. The lowest BCUT2D eigenvalue weighted by molar-refractivity contribution is -0.164. The zero-order valence-electron chi connectivity index (χ0n) is 11.3. The summed E-state index contributed by atoms with van der Waals surface area (Å²) in [7, 11) is 0. The van der Waals surface area contributed by atoms with Crippen LogP contribution in [0.15, 0.2) is 12.7 Å². The van der Waals surface area contributed by atoms with E-state index in [2.05, 4.69) is 11.9 Å². The van der Waals surface area contributed by atoms with Gasteiger partial charge in [0.05, 0.1) is 0 Å². The molecule has 2 unspecified atom stereocenters. The number of aliphatic carboxylic acids is 1. The largest absolute Gasteiger partial charge is 0.480 e. The summed E-state index contributed by atoms with van der Waals surface area (Å²) in [6.45, 7) is 6.67. The molecule has 0 fully saturated rings. The number of halogens is 3. The quantitative estimate of drug-likeness (QED) is 0.503. The van der Waals surface area contributed by atoms with Crippen molar-refractivity contribution in [2.24, 2.45) is 5.92 Å². The number of hydrogen-bond acceptors (Lipinski definition) is 2. The number of carbonyl (C=O) groups is 1. The molecule has 19 heavy (non-hydrogen) atoms. The number of hydrogen-bond donors (Lipinski definition) is 2. The first kappa shape index (κ1) is 18.0. The van der Waals surface area contributed by atoms with E-state index in [1.165, 1.54) is 0 Å². The van der Waals surface area contributed by atoms with Crippen LogP contribution in [-0.4, -0.2) is 29.3 Å². The van der Waals surface area contributed by atoms with Crippen LogP contribution < -0.4 is 5.32 Å². The van der Waals surface area contributed by atoms with E-state index in [4.69, 9.17) is 5.11 Å². The monoisotopic (exact) mass is 281 g/mol. The third-order valence-corrected chi connectivity index (χ3v) is 2.86. The van der Waals surface area contributed by atoms with E-state index < -0.39 is 30.1 Å². The highest BCUT2D eigenvalue weighted by atomic mass is 19.4. The first-order valence-electron chi connectivity index (χ1n) is 6.36. The Labute approximate surface area is 111 Å². The molecule has 0 aliphatic rings. The summed E-state index contributed by atoms with van der Waals surface area (Å²) < 4.78 is 38.5. The van der Waals surface area contributed by atoms with Gasteiger partial charge in [-0.05, 0) is 25.2 Å². The summed E-state index contributed by atoms with van der Waals surface area (Å²) in [5.74, 6) is -1.66. The molecule has 0 saturated heterocycles.